The van der Waals surface area contributed by atoms with Gasteiger partial charge in [0.25, 0.3) is 5.69 Å². The number of nitro benzene ring substituents is 1. The third-order valence-corrected chi connectivity index (χ3v) is 5.09. The van der Waals surface area contributed by atoms with Crippen LogP contribution in [0.2, 0.25) is 0 Å². The van der Waals surface area contributed by atoms with Crippen molar-refractivity contribution in [1.29, 1.82) is 0 Å². The van der Waals surface area contributed by atoms with Gasteiger partial charge in [-0.25, -0.2) is 4.39 Å². The fourth-order valence-electron chi connectivity index (χ4n) is 3.97. The summed E-state index contributed by atoms with van der Waals surface area (Å²) in [6.45, 7) is 1.89. The van der Waals surface area contributed by atoms with E-state index in [4.69, 9.17) is 0 Å². The van der Waals surface area contributed by atoms with Gasteiger partial charge in [-0.3, -0.25) is 10.1 Å². The van der Waals surface area contributed by atoms with Gasteiger partial charge < -0.3 is 5.32 Å². The molecule has 0 unspecified atom stereocenters. The number of nitrogens with one attached hydrogen (secondary N) is 1. The maximum atomic E-state index is 13.2. The maximum absolute atomic E-state index is 13.2. The molecular formula is C19H17FN2O2. The number of hydrogen-bond acceptors (Lipinski definition) is 3. The Morgan fingerprint density at radius 2 is 2.00 bits per heavy atom. The van der Waals surface area contributed by atoms with E-state index in [-0.39, 0.29) is 34.3 Å². The molecule has 0 saturated carbocycles. The Labute approximate surface area is 139 Å². The summed E-state index contributed by atoms with van der Waals surface area (Å²) in [5, 5.41) is 14.7. The number of benzene rings is 2. The van der Waals surface area contributed by atoms with Crippen LogP contribution in [0.25, 0.3) is 0 Å². The predicted octanol–water partition coefficient (Wildman–Crippen LogP) is 4.87. The van der Waals surface area contributed by atoms with Crippen molar-refractivity contribution in [2.24, 2.45) is 5.92 Å². The maximum Gasteiger partial charge on any atom is 0.270 e. The first-order valence-electron chi connectivity index (χ1n) is 8.02. The summed E-state index contributed by atoms with van der Waals surface area (Å²) in [5.41, 5.74) is 3.98. The van der Waals surface area contributed by atoms with E-state index in [9.17, 15) is 14.5 Å². The molecule has 0 radical (unpaired) electrons. The number of nitrogens with zero attached hydrogens (tertiary/aromatic N) is 1. The Balaban J connectivity index is 1.82. The standard InChI is InChI=1S/C19H17FN2O2/c1-11-9-14(22(23)24)10-17-15-3-2-4-16(15)19(21-18(11)17)12-5-7-13(20)8-6-12/h2-3,5-10,15-16,19,21H,4H2,1H3/t15-,16-,19-/m0/s1. The van der Waals surface area contributed by atoms with Gasteiger partial charge in [0.1, 0.15) is 5.82 Å². The van der Waals surface area contributed by atoms with Crippen LogP contribution in [-0.4, -0.2) is 4.92 Å². The van der Waals surface area contributed by atoms with Crippen molar-refractivity contribution >= 4 is 11.4 Å². The van der Waals surface area contributed by atoms with Gasteiger partial charge in [-0.2, -0.15) is 0 Å². The molecule has 2 aromatic carbocycles. The third kappa shape index (κ3) is 2.28. The number of hydrogen-bond donors (Lipinski definition) is 1. The van der Waals surface area contributed by atoms with Crippen molar-refractivity contribution in [3.05, 3.63) is 81.2 Å². The summed E-state index contributed by atoms with van der Waals surface area (Å²) in [4.78, 5) is 10.8. The molecule has 0 aromatic heterocycles. The van der Waals surface area contributed by atoms with Crippen LogP contribution in [0, 0.1) is 28.8 Å². The Morgan fingerprint density at radius 3 is 2.71 bits per heavy atom. The minimum atomic E-state index is -0.340. The van der Waals surface area contributed by atoms with Crippen LogP contribution in [-0.2, 0) is 0 Å². The van der Waals surface area contributed by atoms with Gasteiger partial charge in [0.05, 0.1) is 11.0 Å². The van der Waals surface area contributed by atoms with E-state index >= 15 is 0 Å². The van der Waals surface area contributed by atoms with E-state index in [0.29, 0.717) is 0 Å². The molecule has 3 atom stereocenters. The van der Waals surface area contributed by atoms with E-state index < -0.39 is 0 Å². The summed E-state index contributed by atoms with van der Waals surface area (Å²) in [7, 11) is 0. The summed E-state index contributed by atoms with van der Waals surface area (Å²) in [5.74, 6) is 0.183. The lowest BCUT2D eigenvalue weighted by Gasteiger charge is -2.38. The monoisotopic (exact) mass is 324 g/mol. The molecule has 24 heavy (non-hydrogen) atoms. The number of rotatable bonds is 2. The second kappa shape index (κ2) is 5.44. The average molecular weight is 324 g/mol. The summed E-state index contributed by atoms with van der Waals surface area (Å²) in [6.07, 6.45) is 5.18. The normalized spacial score (nSPS) is 24.2. The highest BCUT2D eigenvalue weighted by Gasteiger charge is 2.39. The molecule has 0 bridgehead atoms. The first kappa shape index (κ1) is 14.9. The Bertz CT molecular complexity index is 845. The predicted molar refractivity (Wildman–Crippen MR) is 90.6 cm³/mol. The number of aryl methyl sites for hydroxylation is 1. The summed E-state index contributed by atoms with van der Waals surface area (Å²) < 4.78 is 13.2. The molecule has 0 spiro atoms. The van der Waals surface area contributed by atoms with Gasteiger partial charge in [0.15, 0.2) is 0 Å². The third-order valence-electron chi connectivity index (χ3n) is 5.09. The van der Waals surface area contributed by atoms with Crippen molar-refractivity contribution in [3.8, 4) is 0 Å². The van der Waals surface area contributed by atoms with E-state index in [1.165, 1.54) is 12.1 Å². The largest absolute Gasteiger partial charge is 0.377 e. The van der Waals surface area contributed by atoms with Crippen molar-refractivity contribution < 1.29 is 9.31 Å². The number of fused-ring (bicyclic) bond motifs is 3. The lowest BCUT2D eigenvalue weighted by molar-refractivity contribution is -0.385. The lowest BCUT2D eigenvalue weighted by atomic mass is 9.76. The fraction of sp³-hybridized carbons (Fsp3) is 0.263. The van der Waals surface area contributed by atoms with Gasteiger partial charge in [-0.15, -0.1) is 0 Å². The molecule has 122 valence electrons. The minimum Gasteiger partial charge on any atom is -0.377 e. The zero-order valence-electron chi connectivity index (χ0n) is 13.2. The number of halogens is 1. The van der Waals surface area contributed by atoms with E-state index in [0.717, 1.165) is 28.8 Å². The Hall–Kier alpha value is -2.69. The van der Waals surface area contributed by atoms with Gasteiger partial charge in [0.2, 0.25) is 0 Å². The molecule has 1 aliphatic carbocycles. The lowest BCUT2D eigenvalue weighted by Crippen LogP contribution is -2.29. The van der Waals surface area contributed by atoms with Crippen LogP contribution in [0.3, 0.4) is 0 Å². The number of nitro groups is 1. The van der Waals surface area contributed by atoms with Crippen molar-refractivity contribution in [1.82, 2.24) is 0 Å². The van der Waals surface area contributed by atoms with Crippen LogP contribution in [0.5, 0.6) is 0 Å². The number of allylic oxidation sites excluding steroid dienone is 2. The van der Waals surface area contributed by atoms with Crippen molar-refractivity contribution in [2.75, 3.05) is 5.32 Å². The molecule has 1 aliphatic heterocycles. The summed E-state index contributed by atoms with van der Waals surface area (Å²) in [6, 6.07) is 9.94. The van der Waals surface area contributed by atoms with Crippen molar-refractivity contribution in [3.63, 3.8) is 0 Å². The number of non-ortho nitro benzene ring substituents is 1. The highest BCUT2D eigenvalue weighted by atomic mass is 19.1. The minimum absolute atomic E-state index is 0.0678. The SMILES string of the molecule is Cc1cc([N+](=O)[O-])cc2c1N[C@@H](c1ccc(F)cc1)[C@H]1CC=C[C@H]21. The molecule has 4 rings (SSSR count). The molecule has 4 nitrogen and oxygen atoms in total. The molecule has 0 amide bonds. The quantitative estimate of drug-likeness (QED) is 0.487. The van der Waals surface area contributed by atoms with Crippen LogP contribution >= 0.6 is 0 Å². The number of anilines is 1. The smallest absolute Gasteiger partial charge is 0.270 e. The summed E-state index contributed by atoms with van der Waals surface area (Å²) >= 11 is 0. The van der Waals surface area contributed by atoms with Crippen LogP contribution < -0.4 is 5.32 Å². The molecule has 1 heterocycles. The molecule has 1 N–H and O–H groups in total. The highest BCUT2D eigenvalue weighted by molar-refractivity contribution is 5.67. The second-order valence-corrected chi connectivity index (χ2v) is 6.51. The molecule has 2 aromatic rings. The first-order valence-corrected chi connectivity index (χ1v) is 8.02. The van der Waals surface area contributed by atoms with Gasteiger partial charge >= 0.3 is 0 Å². The van der Waals surface area contributed by atoms with E-state index in [2.05, 4.69) is 17.5 Å². The Kier molecular flexibility index (Phi) is 3.37. The molecule has 0 saturated heterocycles. The van der Waals surface area contributed by atoms with Gasteiger partial charge in [-0.1, -0.05) is 24.3 Å². The van der Waals surface area contributed by atoms with E-state index in [1.54, 1.807) is 12.1 Å². The van der Waals surface area contributed by atoms with Gasteiger partial charge in [0, 0.05) is 23.7 Å². The molecule has 2 aliphatic rings. The Morgan fingerprint density at radius 1 is 1.25 bits per heavy atom. The zero-order valence-corrected chi connectivity index (χ0v) is 13.2. The van der Waals surface area contributed by atoms with E-state index in [1.807, 2.05) is 19.1 Å². The molecular weight excluding hydrogens is 307 g/mol. The topological polar surface area (TPSA) is 55.2 Å². The molecule has 5 heteroatoms. The van der Waals surface area contributed by atoms with Crippen LogP contribution in [0.15, 0.2) is 48.6 Å². The van der Waals surface area contributed by atoms with Gasteiger partial charge in [-0.05, 0) is 48.1 Å². The van der Waals surface area contributed by atoms with Crippen LogP contribution in [0.4, 0.5) is 15.8 Å². The average Bonchev–Trinajstić information content (AvgIpc) is 3.05. The van der Waals surface area contributed by atoms with Crippen molar-refractivity contribution in [2.45, 2.75) is 25.3 Å². The van der Waals surface area contributed by atoms with Crippen LogP contribution in [0.1, 0.15) is 35.1 Å². The first-order chi connectivity index (χ1) is 11.5. The fourth-order valence-corrected chi connectivity index (χ4v) is 3.97. The molecule has 0 fully saturated rings. The zero-order chi connectivity index (χ0) is 16.8. The second-order valence-electron chi connectivity index (χ2n) is 6.51. The highest BCUT2D eigenvalue weighted by Crippen LogP contribution is 2.51.